The van der Waals surface area contributed by atoms with Gasteiger partial charge < -0.3 is 5.32 Å². The Morgan fingerprint density at radius 2 is 1.87 bits per heavy atom. The average Bonchev–Trinajstić information content (AvgIpc) is 2.73. The van der Waals surface area contributed by atoms with Gasteiger partial charge in [-0.05, 0) is 77.5 Å². The van der Waals surface area contributed by atoms with Crippen LogP contribution < -0.4 is 10.8 Å². The first kappa shape index (κ1) is 21.7. The number of hydroxylamine groups is 1. The first-order valence-corrected chi connectivity index (χ1v) is 10.0. The molecule has 7 heteroatoms. The van der Waals surface area contributed by atoms with Crippen LogP contribution in [0.1, 0.15) is 21.5 Å². The highest BCUT2D eigenvalue weighted by Gasteiger charge is 2.19. The van der Waals surface area contributed by atoms with Crippen LogP contribution in [0.25, 0.3) is 0 Å². The van der Waals surface area contributed by atoms with E-state index < -0.39 is 17.5 Å². The number of hydrogen-bond donors (Lipinski definition) is 2. The predicted octanol–water partition coefficient (Wildman–Crippen LogP) is 5.33. The van der Waals surface area contributed by atoms with Crippen LogP contribution in [-0.2, 0) is 4.84 Å². The summed E-state index contributed by atoms with van der Waals surface area (Å²) in [6.45, 7) is 1.76. The molecule has 0 unspecified atom stereocenters. The number of nitrogens with one attached hydrogen (secondary N) is 2. The lowest BCUT2D eigenvalue weighted by molar-refractivity contribution is 0.0438. The van der Waals surface area contributed by atoms with Gasteiger partial charge in [0.15, 0.2) is 11.6 Å². The predicted molar refractivity (Wildman–Crippen MR) is 120 cm³/mol. The summed E-state index contributed by atoms with van der Waals surface area (Å²) < 4.78 is 29.3. The Hall–Kier alpha value is -2.96. The van der Waals surface area contributed by atoms with Crippen LogP contribution in [0.3, 0.4) is 0 Å². The Bertz CT molecular complexity index is 1130. The molecule has 0 saturated carbocycles. The molecule has 30 heavy (non-hydrogen) atoms. The van der Waals surface area contributed by atoms with Crippen molar-refractivity contribution in [3.05, 3.63) is 92.6 Å². The number of aryl methyl sites for hydroxylation is 1. The van der Waals surface area contributed by atoms with E-state index in [4.69, 9.17) is 4.84 Å². The van der Waals surface area contributed by atoms with E-state index >= 15 is 0 Å². The Balaban J connectivity index is 1.72. The van der Waals surface area contributed by atoms with E-state index in [1.165, 1.54) is 6.07 Å². The largest absolute Gasteiger partial charge is 0.352 e. The molecule has 0 atom stereocenters. The lowest BCUT2D eigenvalue weighted by Crippen LogP contribution is -2.25. The van der Waals surface area contributed by atoms with Crippen LogP contribution in [0.4, 0.5) is 20.2 Å². The molecule has 1 amide bonds. The maximum absolute atomic E-state index is 14.5. The van der Waals surface area contributed by atoms with Crippen molar-refractivity contribution >= 4 is 39.9 Å². The van der Waals surface area contributed by atoms with Crippen molar-refractivity contribution in [3.63, 3.8) is 0 Å². The van der Waals surface area contributed by atoms with Gasteiger partial charge in [-0.3, -0.25) is 9.63 Å². The van der Waals surface area contributed by atoms with E-state index in [0.29, 0.717) is 5.69 Å². The van der Waals surface area contributed by atoms with Gasteiger partial charge in [0.1, 0.15) is 6.61 Å². The maximum atomic E-state index is 14.5. The number of halogens is 3. The molecule has 0 aromatic heterocycles. The van der Waals surface area contributed by atoms with E-state index in [-0.39, 0.29) is 17.9 Å². The number of hydrogen-bond acceptors (Lipinski definition) is 3. The highest BCUT2D eigenvalue weighted by molar-refractivity contribution is 14.1. The van der Waals surface area contributed by atoms with Crippen LogP contribution in [0.2, 0.25) is 0 Å². The van der Waals surface area contributed by atoms with Gasteiger partial charge in [0.25, 0.3) is 5.91 Å². The molecule has 4 nitrogen and oxygen atoms in total. The molecule has 2 N–H and O–H groups in total. The van der Waals surface area contributed by atoms with E-state index in [9.17, 15) is 13.6 Å². The highest BCUT2D eigenvalue weighted by atomic mass is 127. The van der Waals surface area contributed by atoms with Crippen LogP contribution in [0.5, 0.6) is 0 Å². The molecule has 3 rings (SSSR count). The molecule has 0 saturated heterocycles. The fourth-order valence-corrected chi connectivity index (χ4v) is 3.26. The summed E-state index contributed by atoms with van der Waals surface area (Å²) >= 11 is 2.15. The van der Waals surface area contributed by atoms with Crippen molar-refractivity contribution < 1.29 is 18.4 Å². The van der Waals surface area contributed by atoms with Gasteiger partial charge in [-0.2, -0.15) is 0 Å². The summed E-state index contributed by atoms with van der Waals surface area (Å²) in [5, 5.41) is 2.82. The molecule has 3 aromatic rings. The van der Waals surface area contributed by atoms with Crippen molar-refractivity contribution in [1.29, 1.82) is 0 Å². The zero-order valence-corrected chi connectivity index (χ0v) is 18.1. The molecule has 0 aliphatic rings. The van der Waals surface area contributed by atoms with Crippen LogP contribution >= 0.6 is 22.6 Å². The van der Waals surface area contributed by atoms with Crippen LogP contribution in [-0.4, -0.2) is 12.5 Å². The van der Waals surface area contributed by atoms with Gasteiger partial charge in [0, 0.05) is 14.8 Å². The van der Waals surface area contributed by atoms with E-state index in [1.807, 2.05) is 49.4 Å². The number of anilines is 2. The molecular formula is C23H17F2IN2O2. The SMILES string of the molecule is Cc1cc(I)ccc1Nc1c(C(=O)NOCC#Cc2ccccc2)ccc(F)c1F. The normalized spacial score (nSPS) is 10.1. The maximum Gasteiger partial charge on any atom is 0.277 e. The second kappa shape index (κ2) is 10.2. The number of rotatable bonds is 5. The molecule has 152 valence electrons. The Labute approximate surface area is 186 Å². The molecule has 0 aliphatic heterocycles. The minimum absolute atomic E-state index is 0.0662. The highest BCUT2D eigenvalue weighted by Crippen LogP contribution is 2.28. The summed E-state index contributed by atoms with van der Waals surface area (Å²) in [5.41, 5.74) is 4.04. The molecular weight excluding hydrogens is 501 g/mol. The number of benzene rings is 3. The number of carbonyl (C=O) groups excluding carboxylic acids is 1. The fraction of sp³-hybridized carbons (Fsp3) is 0.0870. The van der Waals surface area contributed by atoms with E-state index in [1.54, 1.807) is 6.07 Å². The quantitative estimate of drug-likeness (QED) is 0.208. The van der Waals surface area contributed by atoms with Crippen molar-refractivity contribution in [2.75, 3.05) is 11.9 Å². The van der Waals surface area contributed by atoms with Crippen LogP contribution in [0.15, 0.2) is 60.7 Å². The van der Waals surface area contributed by atoms with Crippen molar-refractivity contribution in [2.24, 2.45) is 0 Å². The third kappa shape index (κ3) is 5.55. The summed E-state index contributed by atoms with van der Waals surface area (Å²) in [6, 6.07) is 16.8. The Morgan fingerprint density at radius 3 is 2.60 bits per heavy atom. The summed E-state index contributed by atoms with van der Waals surface area (Å²) in [6.07, 6.45) is 0. The van der Waals surface area contributed by atoms with E-state index in [2.05, 4.69) is 45.2 Å². The lowest BCUT2D eigenvalue weighted by Gasteiger charge is -2.15. The molecule has 0 fully saturated rings. The zero-order chi connectivity index (χ0) is 21.5. The van der Waals surface area contributed by atoms with Crippen molar-refractivity contribution in [2.45, 2.75) is 6.92 Å². The molecule has 0 heterocycles. The van der Waals surface area contributed by atoms with Gasteiger partial charge in [-0.25, -0.2) is 14.3 Å². The van der Waals surface area contributed by atoms with Crippen molar-refractivity contribution in [3.8, 4) is 11.8 Å². The summed E-state index contributed by atoms with van der Waals surface area (Å²) in [7, 11) is 0. The molecule has 0 aliphatic carbocycles. The second-order valence-corrected chi connectivity index (χ2v) is 7.50. The third-order valence-corrected chi connectivity index (χ3v) is 4.77. The molecule has 3 aromatic carbocycles. The van der Waals surface area contributed by atoms with Crippen LogP contribution in [0, 0.1) is 34.0 Å². The van der Waals surface area contributed by atoms with Gasteiger partial charge >= 0.3 is 0 Å². The van der Waals surface area contributed by atoms with Gasteiger partial charge in [-0.1, -0.05) is 30.0 Å². The number of carbonyl (C=O) groups is 1. The fourth-order valence-electron chi connectivity index (χ4n) is 2.62. The van der Waals surface area contributed by atoms with Gasteiger partial charge in [-0.15, -0.1) is 0 Å². The van der Waals surface area contributed by atoms with E-state index in [0.717, 1.165) is 20.8 Å². The van der Waals surface area contributed by atoms with Crippen molar-refractivity contribution in [1.82, 2.24) is 5.48 Å². The molecule has 0 bridgehead atoms. The topological polar surface area (TPSA) is 50.4 Å². The second-order valence-electron chi connectivity index (χ2n) is 6.26. The lowest BCUT2D eigenvalue weighted by atomic mass is 10.1. The minimum Gasteiger partial charge on any atom is -0.352 e. The van der Waals surface area contributed by atoms with Gasteiger partial charge in [0.05, 0.1) is 11.3 Å². The smallest absolute Gasteiger partial charge is 0.277 e. The third-order valence-electron chi connectivity index (χ3n) is 4.10. The zero-order valence-electron chi connectivity index (χ0n) is 15.9. The Morgan fingerprint density at radius 1 is 1.10 bits per heavy atom. The molecule has 0 spiro atoms. The average molecular weight is 518 g/mol. The van der Waals surface area contributed by atoms with Gasteiger partial charge in [0.2, 0.25) is 0 Å². The molecule has 0 radical (unpaired) electrons. The summed E-state index contributed by atoms with van der Waals surface area (Å²) in [4.78, 5) is 17.5. The first-order chi connectivity index (χ1) is 14.5. The standard InChI is InChI=1S/C23H17F2IN2O2/c1-15-14-17(26)9-12-20(15)27-22-18(10-11-19(24)21(22)25)23(29)28-30-13-5-8-16-6-3-2-4-7-16/h2-4,6-7,9-12,14,27H,13H2,1H3,(H,28,29). The summed E-state index contributed by atoms with van der Waals surface area (Å²) in [5.74, 6) is 2.71. The number of amides is 1. The monoisotopic (exact) mass is 518 g/mol. The first-order valence-electron chi connectivity index (χ1n) is 8.93. The minimum atomic E-state index is -1.15. The Kier molecular flexibility index (Phi) is 7.38.